The van der Waals surface area contributed by atoms with Gasteiger partial charge in [-0.2, -0.15) is 0 Å². The third-order valence-corrected chi connectivity index (χ3v) is 1.96. The first-order valence-electron chi connectivity index (χ1n) is 3.63. The molecule has 0 spiro atoms. The summed E-state index contributed by atoms with van der Waals surface area (Å²) < 4.78 is 4.89. The summed E-state index contributed by atoms with van der Waals surface area (Å²) in [6.45, 7) is 1.68. The average Bonchev–Trinajstić information content (AvgIpc) is 1.99. The topological polar surface area (TPSA) is 46.5 Å². The molecule has 11 heavy (non-hydrogen) atoms. The van der Waals surface area contributed by atoms with Crippen LogP contribution in [0.3, 0.4) is 0 Å². The van der Waals surface area contributed by atoms with E-state index in [9.17, 15) is 9.90 Å². The van der Waals surface area contributed by atoms with Gasteiger partial charge in [-0.25, -0.2) is 0 Å². The second-order valence-electron chi connectivity index (χ2n) is 2.67. The number of ether oxygens (including phenoxy) is 1. The molecule has 3 heteroatoms. The maximum absolute atomic E-state index is 11.1. The molecule has 0 aromatic heterocycles. The minimum atomic E-state index is -0.585. The number of hydrogen-bond donors (Lipinski definition) is 1. The molecule has 1 aliphatic rings. The zero-order valence-corrected chi connectivity index (χ0v) is 6.76. The lowest BCUT2D eigenvalue weighted by atomic mass is 9.95. The smallest absolute Gasteiger partial charge is 0.162 e. The van der Waals surface area contributed by atoms with Gasteiger partial charge >= 0.3 is 0 Å². The van der Waals surface area contributed by atoms with Crippen LogP contribution >= 0.6 is 0 Å². The van der Waals surface area contributed by atoms with E-state index in [1.807, 2.05) is 0 Å². The Morgan fingerprint density at radius 1 is 1.64 bits per heavy atom. The van der Waals surface area contributed by atoms with Crippen molar-refractivity contribution >= 4 is 5.78 Å². The zero-order chi connectivity index (χ0) is 8.43. The van der Waals surface area contributed by atoms with Crippen LogP contribution in [-0.2, 0) is 9.53 Å². The van der Waals surface area contributed by atoms with E-state index in [2.05, 4.69) is 0 Å². The summed E-state index contributed by atoms with van der Waals surface area (Å²) in [5, 5.41) is 9.32. The van der Waals surface area contributed by atoms with E-state index in [4.69, 9.17) is 4.74 Å². The molecule has 0 heterocycles. The van der Waals surface area contributed by atoms with Gasteiger partial charge in [0.15, 0.2) is 5.78 Å². The van der Waals surface area contributed by atoms with Gasteiger partial charge in [0, 0.05) is 12.0 Å². The third-order valence-electron chi connectivity index (χ3n) is 1.96. The number of methoxy groups -OCH3 is 1. The van der Waals surface area contributed by atoms with Gasteiger partial charge in [0.1, 0.15) is 11.9 Å². The van der Waals surface area contributed by atoms with Gasteiger partial charge in [0.2, 0.25) is 0 Å². The molecule has 0 aliphatic heterocycles. The molecule has 1 unspecified atom stereocenters. The Labute approximate surface area is 65.7 Å². The largest absolute Gasteiger partial charge is 0.498 e. The Balaban J connectivity index is 2.93. The van der Waals surface area contributed by atoms with Gasteiger partial charge in [-0.05, 0) is 13.3 Å². The fourth-order valence-electron chi connectivity index (χ4n) is 1.26. The second-order valence-corrected chi connectivity index (χ2v) is 2.67. The number of carbonyl (C=O) groups is 1. The summed E-state index contributed by atoms with van der Waals surface area (Å²) in [5.74, 6) is 0.508. The predicted octanol–water partition coefficient (Wildman–Crippen LogP) is 0.631. The summed E-state index contributed by atoms with van der Waals surface area (Å²) in [6, 6.07) is 0. The summed E-state index contributed by atoms with van der Waals surface area (Å²) in [5.41, 5.74) is 0.561. The minimum Gasteiger partial charge on any atom is -0.498 e. The molecule has 0 saturated carbocycles. The molecule has 0 aromatic rings. The first-order chi connectivity index (χ1) is 5.16. The average molecular weight is 156 g/mol. The van der Waals surface area contributed by atoms with E-state index < -0.39 is 6.10 Å². The van der Waals surface area contributed by atoms with Crippen molar-refractivity contribution in [3.8, 4) is 0 Å². The molecule has 0 aromatic carbocycles. The number of ketones is 1. The zero-order valence-electron chi connectivity index (χ0n) is 6.76. The minimum absolute atomic E-state index is 0.0761. The van der Waals surface area contributed by atoms with Crippen molar-refractivity contribution in [2.24, 2.45) is 0 Å². The highest BCUT2D eigenvalue weighted by molar-refractivity contribution is 5.96. The van der Waals surface area contributed by atoms with Gasteiger partial charge in [-0.1, -0.05) is 0 Å². The number of rotatable bonds is 1. The Kier molecular flexibility index (Phi) is 2.29. The maximum atomic E-state index is 11.1. The lowest BCUT2D eigenvalue weighted by Gasteiger charge is -2.20. The molecular weight excluding hydrogens is 144 g/mol. The SMILES string of the molecule is COC1=C(C)C(=O)CCC1O. The molecule has 1 atom stereocenters. The normalized spacial score (nSPS) is 25.7. The molecule has 3 nitrogen and oxygen atoms in total. The molecule has 0 radical (unpaired) electrons. The van der Waals surface area contributed by atoms with Crippen molar-refractivity contribution in [1.29, 1.82) is 0 Å². The van der Waals surface area contributed by atoms with E-state index in [0.29, 0.717) is 24.2 Å². The van der Waals surface area contributed by atoms with E-state index >= 15 is 0 Å². The number of aliphatic hydroxyl groups is 1. The lowest BCUT2D eigenvalue weighted by Crippen LogP contribution is -2.23. The van der Waals surface area contributed by atoms with Crippen LogP contribution in [0.5, 0.6) is 0 Å². The van der Waals surface area contributed by atoms with Gasteiger partial charge in [0.05, 0.1) is 7.11 Å². The van der Waals surface area contributed by atoms with E-state index in [1.165, 1.54) is 7.11 Å². The molecule has 0 saturated heterocycles. The molecule has 1 aliphatic carbocycles. The monoisotopic (exact) mass is 156 g/mol. The molecule has 1 N–H and O–H groups in total. The van der Waals surface area contributed by atoms with E-state index in [1.54, 1.807) is 6.92 Å². The van der Waals surface area contributed by atoms with Crippen molar-refractivity contribution in [3.05, 3.63) is 11.3 Å². The molecule has 0 bridgehead atoms. The van der Waals surface area contributed by atoms with E-state index in [-0.39, 0.29) is 5.78 Å². The molecular formula is C8H12O3. The van der Waals surface area contributed by atoms with Gasteiger partial charge in [-0.3, -0.25) is 4.79 Å². The molecule has 0 amide bonds. The van der Waals surface area contributed by atoms with Crippen LogP contribution in [0.2, 0.25) is 0 Å². The third kappa shape index (κ3) is 1.43. The Hall–Kier alpha value is -0.830. The van der Waals surface area contributed by atoms with Crippen molar-refractivity contribution in [3.63, 3.8) is 0 Å². The van der Waals surface area contributed by atoms with Crippen LogP contribution in [0, 0.1) is 0 Å². The van der Waals surface area contributed by atoms with Gasteiger partial charge in [0.25, 0.3) is 0 Å². The lowest BCUT2D eigenvalue weighted by molar-refractivity contribution is -0.117. The van der Waals surface area contributed by atoms with Crippen LogP contribution in [0.4, 0.5) is 0 Å². The Morgan fingerprint density at radius 2 is 2.27 bits per heavy atom. The molecule has 62 valence electrons. The number of aliphatic hydroxyl groups excluding tert-OH is 1. The molecule has 1 rings (SSSR count). The Morgan fingerprint density at radius 3 is 2.73 bits per heavy atom. The van der Waals surface area contributed by atoms with Gasteiger partial charge in [-0.15, -0.1) is 0 Å². The standard InChI is InChI=1S/C8H12O3/c1-5-6(9)3-4-7(10)8(5)11-2/h7,10H,3-4H2,1-2H3. The predicted molar refractivity (Wildman–Crippen MR) is 40.0 cm³/mol. The maximum Gasteiger partial charge on any atom is 0.162 e. The van der Waals surface area contributed by atoms with Crippen molar-refractivity contribution in [2.45, 2.75) is 25.9 Å². The second kappa shape index (κ2) is 3.05. The van der Waals surface area contributed by atoms with Crippen molar-refractivity contribution in [1.82, 2.24) is 0 Å². The number of hydrogen-bond acceptors (Lipinski definition) is 3. The highest BCUT2D eigenvalue weighted by atomic mass is 16.5. The van der Waals surface area contributed by atoms with Crippen LogP contribution < -0.4 is 0 Å². The van der Waals surface area contributed by atoms with Crippen molar-refractivity contribution in [2.75, 3.05) is 7.11 Å². The fourth-order valence-corrected chi connectivity index (χ4v) is 1.26. The summed E-state index contributed by atoms with van der Waals surface area (Å²) >= 11 is 0. The summed E-state index contributed by atoms with van der Waals surface area (Å²) in [4.78, 5) is 11.1. The fraction of sp³-hybridized carbons (Fsp3) is 0.625. The first-order valence-corrected chi connectivity index (χ1v) is 3.63. The van der Waals surface area contributed by atoms with Crippen LogP contribution in [0.15, 0.2) is 11.3 Å². The highest BCUT2D eigenvalue weighted by Crippen LogP contribution is 2.22. The Bertz CT molecular complexity index is 205. The summed E-state index contributed by atoms with van der Waals surface area (Å²) in [7, 11) is 1.47. The first kappa shape index (κ1) is 8.27. The number of Topliss-reactive ketones (excluding diaryl/α,β-unsaturated/α-hetero) is 1. The van der Waals surface area contributed by atoms with Crippen LogP contribution in [0.25, 0.3) is 0 Å². The van der Waals surface area contributed by atoms with Gasteiger partial charge < -0.3 is 9.84 Å². The number of carbonyl (C=O) groups excluding carboxylic acids is 1. The highest BCUT2D eigenvalue weighted by Gasteiger charge is 2.24. The quantitative estimate of drug-likeness (QED) is 0.605. The van der Waals surface area contributed by atoms with Crippen LogP contribution in [-0.4, -0.2) is 24.1 Å². The van der Waals surface area contributed by atoms with Crippen molar-refractivity contribution < 1.29 is 14.6 Å². The number of allylic oxidation sites excluding steroid dienone is 1. The summed E-state index contributed by atoms with van der Waals surface area (Å²) in [6.07, 6.45) is 0.330. The van der Waals surface area contributed by atoms with Crippen LogP contribution in [0.1, 0.15) is 19.8 Å². The molecule has 0 fully saturated rings. The van der Waals surface area contributed by atoms with E-state index in [0.717, 1.165) is 0 Å².